The van der Waals surface area contributed by atoms with Crippen molar-refractivity contribution in [3.05, 3.63) is 0 Å². The summed E-state index contributed by atoms with van der Waals surface area (Å²) in [5.74, 6) is -2.47. The van der Waals surface area contributed by atoms with Crippen LogP contribution in [0.5, 0.6) is 0 Å². The van der Waals surface area contributed by atoms with Gasteiger partial charge in [-0.3, -0.25) is 38.8 Å². The van der Waals surface area contributed by atoms with Crippen LogP contribution in [0.15, 0.2) is 0 Å². The highest BCUT2D eigenvalue weighted by molar-refractivity contribution is 5.78. The van der Waals surface area contributed by atoms with Gasteiger partial charge in [-0.05, 0) is 18.8 Å². The van der Waals surface area contributed by atoms with Crippen molar-refractivity contribution in [1.29, 1.82) is 0 Å². The molecular weight excluding hydrogens is 434 g/mol. The molecular formula is C21H37N5O7. The number of hydrogen-bond acceptors (Lipinski definition) is 8. The van der Waals surface area contributed by atoms with Gasteiger partial charge in [0.1, 0.15) is 0 Å². The first-order valence-electron chi connectivity index (χ1n) is 11.5. The number of hydrogen-bond donors (Lipinski definition) is 4. The molecule has 0 atom stereocenters. The van der Waals surface area contributed by atoms with E-state index in [1.165, 1.54) is 6.42 Å². The van der Waals surface area contributed by atoms with Gasteiger partial charge in [0.2, 0.25) is 5.91 Å². The third-order valence-electron chi connectivity index (χ3n) is 6.19. The minimum atomic E-state index is -0.990. The Labute approximate surface area is 194 Å². The highest BCUT2D eigenvalue weighted by Gasteiger charge is 2.22. The summed E-state index contributed by atoms with van der Waals surface area (Å²) in [6.45, 7) is 3.42. The molecule has 1 saturated carbocycles. The van der Waals surface area contributed by atoms with Gasteiger partial charge in [0, 0.05) is 58.9 Å². The highest BCUT2D eigenvalue weighted by Crippen LogP contribution is 2.25. The van der Waals surface area contributed by atoms with Crippen molar-refractivity contribution in [3.8, 4) is 0 Å². The molecule has 0 aromatic rings. The number of nitrogens with one attached hydrogen (secondary N) is 1. The second kappa shape index (κ2) is 14.1. The molecule has 2 fully saturated rings. The maximum atomic E-state index is 12.5. The van der Waals surface area contributed by atoms with Crippen molar-refractivity contribution in [2.45, 2.75) is 19.3 Å². The fourth-order valence-corrected chi connectivity index (χ4v) is 4.00. The number of aliphatic carboxylic acids is 3. The van der Waals surface area contributed by atoms with Gasteiger partial charge >= 0.3 is 17.9 Å². The zero-order chi connectivity index (χ0) is 24.2. The van der Waals surface area contributed by atoms with E-state index in [1.807, 2.05) is 4.90 Å². The van der Waals surface area contributed by atoms with Crippen molar-refractivity contribution < 1.29 is 34.5 Å². The zero-order valence-corrected chi connectivity index (χ0v) is 19.2. The van der Waals surface area contributed by atoms with Crippen LogP contribution in [0.1, 0.15) is 19.3 Å². The minimum Gasteiger partial charge on any atom is -0.480 e. The van der Waals surface area contributed by atoms with Crippen LogP contribution in [0.4, 0.5) is 0 Å². The molecule has 12 heteroatoms. The van der Waals surface area contributed by atoms with E-state index in [2.05, 4.69) is 5.32 Å². The lowest BCUT2D eigenvalue weighted by Gasteiger charge is -2.33. The molecule has 2 aliphatic rings. The summed E-state index contributed by atoms with van der Waals surface area (Å²) in [7, 11) is 0. The Morgan fingerprint density at radius 2 is 0.939 bits per heavy atom. The zero-order valence-electron chi connectivity index (χ0n) is 19.2. The SMILES string of the molecule is O=C(O)CN1CCN(CC(=O)O)CCN(CC(=O)NCC2CCC2)CCN(CC(=O)O)CC1. The molecule has 1 aliphatic heterocycles. The van der Waals surface area contributed by atoms with Crippen LogP contribution >= 0.6 is 0 Å². The van der Waals surface area contributed by atoms with Crippen LogP contribution in [0.25, 0.3) is 0 Å². The fourth-order valence-electron chi connectivity index (χ4n) is 4.00. The van der Waals surface area contributed by atoms with Gasteiger partial charge in [0.15, 0.2) is 0 Å². The normalized spacial score (nSPS) is 20.8. The summed E-state index contributed by atoms with van der Waals surface area (Å²) in [5, 5.41) is 30.7. The van der Waals surface area contributed by atoms with Crippen LogP contribution < -0.4 is 5.32 Å². The van der Waals surface area contributed by atoms with Crippen molar-refractivity contribution in [1.82, 2.24) is 24.9 Å². The lowest BCUT2D eigenvalue weighted by Crippen LogP contribution is -2.50. The van der Waals surface area contributed by atoms with E-state index in [0.717, 1.165) is 12.8 Å². The molecule has 0 aromatic carbocycles. The number of carboxylic acids is 3. The van der Waals surface area contributed by atoms with E-state index in [-0.39, 0.29) is 32.1 Å². The molecule has 12 nitrogen and oxygen atoms in total. The summed E-state index contributed by atoms with van der Waals surface area (Å²) < 4.78 is 0. The van der Waals surface area contributed by atoms with Crippen LogP contribution in [-0.2, 0) is 19.2 Å². The Morgan fingerprint density at radius 1 is 0.606 bits per heavy atom. The molecule has 188 valence electrons. The van der Waals surface area contributed by atoms with Crippen molar-refractivity contribution in [3.63, 3.8) is 0 Å². The molecule has 0 unspecified atom stereocenters. The smallest absolute Gasteiger partial charge is 0.317 e. The van der Waals surface area contributed by atoms with Crippen LogP contribution in [0.2, 0.25) is 0 Å². The van der Waals surface area contributed by atoms with Crippen molar-refractivity contribution in [2.24, 2.45) is 5.92 Å². The maximum absolute atomic E-state index is 12.5. The third-order valence-corrected chi connectivity index (χ3v) is 6.19. The van der Waals surface area contributed by atoms with Gasteiger partial charge < -0.3 is 20.6 Å². The predicted octanol–water partition coefficient (Wildman–Crippen LogP) is -1.62. The lowest BCUT2D eigenvalue weighted by molar-refractivity contribution is -0.140. The number of amides is 1. The average molecular weight is 472 g/mol. The molecule has 0 bridgehead atoms. The summed E-state index contributed by atoms with van der Waals surface area (Å²) in [4.78, 5) is 53.4. The summed E-state index contributed by atoms with van der Waals surface area (Å²) in [6.07, 6.45) is 3.48. The molecule has 0 aromatic heterocycles. The van der Waals surface area contributed by atoms with E-state index in [9.17, 15) is 34.5 Å². The van der Waals surface area contributed by atoms with Gasteiger partial charge in [-0.25, -0.2) is 0 Å². The first kappa shape index (κ1) is 27.0. The van der Waals surface area contributed by atoms with E-state index in [0.29, 0.717) is 64.8 Å². The second-order valence-corrected chi connectivity index (χ2v) is 8.89. The Hall–Kier alpha value is -2.28. The quantitative estimate of drug-likeness (QED) is 0.291. The number of carbonyl (C=O) groups is 4. The lowest BCUT2D eigenvalue weighted by atomic mass is 9.85. The third kappa shape index (κ3) is 11.4. The topological polar surface area (TPSA) is 154 Å². The van der Waals surface area contributed by atoms with E-state index in [4.69, 9.17) is 0 Å². The van der Waals surface area contributed by atoms with E-state index in [1.54, 1.807) is 14.7 Å². The van der Waals surface area contributed by atoms with Gasteiger partial charge in [0.05, 0.1) is 26.2 Å². The van der Waals surface area contributed by atoms with Gasteiger partial charge in [-0.15, -0.1) is 0 Å². The average Bonchev–Trinajstić information content (AvgIpc) is 2.67. The molecule has 33 heavy (non-hydrogen) atoms. The largest absolute Gasteiger partial charge is 0.480 e. The Kier molecular flexibility index (Phi) is 11.5. The predicted molar refractivity (Wildman–Crippen MR) is 119 cm³/mol. The highest BCUT2D eigenvalue weighted by atomic mass is 16.4. The molecule has 4 N–H and O–H groups in total. The molecule has 2 rings (SSSR count). The monoisotopic (exact) mass is 471 g/mol. The van der Waals surface area contributed by atoms with E-state index >= 15 is 0 Å². The first-order valence-corrected chi connectivity index (χ1v) is 11.5. The molecule has 1 aliphatic carbocycles. The summed E-state index contributed by atoms with van der Waals surface area (Å²) in [5.41, 5.74) is 0. The molecule has 1 amide bonds. The number of rotatable bonds is 10. The second-order valence-electron chi connectivity index (χ2n) is 8.89. The number of carbonyl (C=O) groups excluding carboxylic acids is 1. The van der Waals surface area contributed by atoms with Gasteiger partial charge in [-0.2, -0.15) is 0 Å². The molecule has 0 radical (unpaired) electrons. The van der Waals surface area contributed by atoms with Crippen LogP contribution in [0, 0.1) is 5.92 Å². The van der Waals surface area contributed by atoms with Crippen molar-refractivity contribution in [2.75, 3.05) is 85.1 Å². The first-order chi connectivity index (χ1) is 15.7. The van der Waals surface area contributed by atoms with Gasteiger partial charge in [0.25, 0.3) is 0 Å². The Bertz CT molecular complexity index is 641. The number of carboxylic acid groups (broad SMARTS) is 3. The fraction of sp³-hybridized carbons (Fsp3) is 0.810. The Balaban J connectivity index is 2.03. The number of nitrogens with zero attached hydrogens (tertiary/aromatic N) is 4. The van der Waals surface area contributed by atoms with Crippen LogP contribution in [0.3, 0.4) is 0 Å². The maximum Gasteiger partial charge on any atom is 0.317 e. The molecule has 1 saturated heterocycles. The van der Waals surface area contributed by atoms with Gasteiger partial charge in [-0.1, -0.05) is 6.42 Å². The molecule has 0 spiro atoms. The summed E-state index contributed by atoms with van der Waals surface area (Å²) in [6, 6.07) is 0. The van der Waals surface area contributed by atoms with Crippen molar-refractivity contribution >= 4 is 23.8 Å². The standard InChI is InChI=1S/C21H37N5O7/c27-18(22-12-17-2-1-3-17)13-23-4-6-24(14-19(28)29)8-10-26(16-21(32)33)11-9-25(7-5-23)15-20(30)31/h17H,1-16H2,(H,22,27)(H,28,29)(H,30,31)(H,32,33). The van der Waals surface area contributed by atoms with E-state index < -0.39 is 17.9 Å². The Morgan fingerprint density at radius 3 is 1.21 bits per heavy atom. The van der Waals surface area contributed by atoms with Crippen LogP contribution in [-0.4, -0.2) is 144 Å². The summed E-state index contributed by atoms with van der Waals surface area (Å²) >= 11 is 0. The molecule has 1 heterocycles. The minimum absolute atomic E-state index is 0.0869.